The van der Waals surface area contributed by atoms with Gasteiger partial charge in [0.25, 0.3) is 0 Å². The van der Waals surface area contributed by atoms with E-state index in [2.05, 4.69) is 15.5 Å². The average molecular weight is 271 g/mol. The lowest BCUT2D eigenvalue weighted by atomic mass is 10.2. The second-order valence-electron chi connectivity index (χ2n) is 5.45. The fraction of sp³-hybridized carbons (Fsp3) is 0.846. The van der Waals surface area contributed by atoms with Gasteiger partial charge in [0.1, 0.15) is 0 Å². The van der Waals surface area contributed by atoms with Crippen LogP contribution >= 0.6 is 0 Å². The third-order valence-corrected chi connectivity index (χ3v) is 2.76. The van der Waals surface area contributed by atoms with Crippen molar-refractivity contribution in [3.63, 3.8) is 0 Å². The van der Waals surface area contributed by atoms with Gasteiger partial charge < -0.3 is 15.4 Å². The minimum atomic E-state index is -0.160. The van der Waals surface area contributed by atoms with Gasteiger partial charge in [0.05, 0.1) is 25.3 Å². The molecular formula is C13H25N3O3. The number of carbonyl (C=O) groups excluding carboxylic acids is 2. The third-order valence-electron chi connectivity index (χ3n) is 2.76. The molecule has 2 amide bonds. The van der Waals surface area contributed by atoms with E-state index in [-0.39, 0.29) is 36.6 Å². The molecule has 1 heterocycles. The fourth-order valence-corrected chi connectivity index (χ4v) is 2.22. The first-order valence-corrected chi connectivity index (χ1v) is 6.80. The van der Waals surface area contributed by atoms with Gasteiger partial charge in [0.2, 0.25) is 11.8 Å². The van der Waals surface area contributed by atoms with Crippen molar-refractivity contribution in [1.29, 1.82) is 0 Å². The monoisotopic (exact) mass is 271 g/mol. The number of amides is 2. The minimum absolute atomic E-state index is 0.0342. The summed E-state index contributed by atoms with van der Waals surface area (Å²) < 4.78 is 5.60. The topological polar surface area (TPSA) is 70.7 Å². The van der Waals surface area contributed by atoms with Crippen molar-refractivity contribution in [2.45, 2.75) is 45.9 Å². The standard InChI is InChI=1S/C13H25N3O3/c1-9(2)15-12(17)5-14-13(18)8-16-6-10(3)19-11(4)7-16/h9-11H,5-8H2,1-4H3,(H,14,18)(H,15,17)/t10-,11-/m0/s1. The molecule has 0 aromatic carbocycles. The molecule has 0 aromatic rings. The number of nitrogens with zero attached hydrogens (tertiary/aromatic N) is 1. The summed E-state index contributed by atoms with van der Waals surface area (Å²) in [5.41, 5.74) is 0. The highest BCUT2D eigenvalue weighted by molar-refractivity contribution is 5.85. The van der Waals surface area contributed by atoms with E-state index in [0.29, 0.717) is 6.54 Å². The molecule has 6 heteroatoms. The molecule has 1 rings (SSSR count). The Morgan fingerprint density at radius 3 is 2.32 bits per heavy atom. The lowest BCUT2D eigenvalue weighted by Gasteiger charge is -2.34. The van der Waals surface area contributed by atoms with Crippen molar-refractivity contribution in [3.8, 4) is 0 Å². The molecule has 2 N–H and O–H groups in total. The summed E-state index contributed by atoms with van der Waals surface area (Å²) in [5.74, 6) is -0.285. The van der Waals surface area contributed by atoms with Crippen LogP contribution in [0.1, 0.15) is 27.7 Å². The van der Waals surface area contributed by atoms with Gasteiger partial charge in [-0.15, -0.1) is 0 Å². The SMILES string of the molecule is CC(C)NC(=O)CNC(=O)CN1C[C@H](C)O[C@@H](C)C1. The minimum Gasteiger partial charge on any atom is -0.373 e. The van der Waals surface area contributed by atoms with E-state index in [1.165, 1.54) is 0 Å². The van der Waals surface area contributed by atoms with E-state index in [1.54, 1.807) is 0 Å². The first-order valence-electron chi connectivity index (χ1n) is 6.80. The molecule has 0 unspecified atom stereocenters. The van der Waals surface area contributed by atoms with Crippen molar-refractivity contribution in [3.05, 3.63) is 0 Å². The molecule has 1 aliphatic heterocycles. The lowest BCUT2D eigenvalue weighted by Crippen LogP contribution is -2.50. The number of hydrogen-bond donors (Lipinski definition) is 2. The summed E-state index contributed by atoms with van der Waals surface area (Å²) in [5, 5.41) is 5.36. The predicted octanol–water partition coefficient (Wildman–Crippen LogP) is -0.264. The number of hydrogen-bond acceptors (Lipinski definition) is 4. The zero-order valence-corrected chi connectivity index (χ0v) is 12.2. The maximum atomic E-state index is 11.7. The molecule has 0 radical (unpaired) electrons. The Kier molecular flexibility index (Phi) is 6.24. The molecule has 0 aliphatic carbocycles. The van der Waals surface area contributed by atoms with Crippen molar-refractivity contribution in [2.75, 3.05) is 26.2 Å². The van der Waals surface area contributed by atoms with Crippen LogP contribution in [0.2, 0.25) is 0 Å². The van der Waals surface area contributed by atoms with Crippen molar-refractivity contribution in [2.24, 2.45) is 0 Å². The number of carbonyl (C=O) groups is 2. The Morgan fingerprint density at radius 1 is 1.21 bits per heavy atom. The van der Waals surface area contributed by atoms with Gasteiger partial charge in [0.15, 0.2) is 0 Å². The molecule has 1 saturated heterocycles. The van der Waals surface area contributed by atoms with Crippen LogP contribution in [0.15, 0.2) is 0 Å². The molecule has 0 spiro atoms. The molecule has 1 fully saturated rings. The summed E-state index contributed by atoms with van der Waals surface area (Å²) in [7, 11) is 0. The molecular weight excluding hydrogens is 246 g/mol. The van der Waals surface area contributed by atoms with Crippen molar-refractivity contribution < 1.29 is 14.3 Å². The normalized spacial score (nSPS) is 24.3. The summed E-state index contributed by atoms with van der Waals surface area (Å²) in [6, 6.07) is 0.0883. The molecule has 19 heavy (non-hydrogen) atoms. The highest BCUT2D eigenvalue weighted by atomic mass is 16.5. The average Bonchev–Trinajstić information content (AvgIpc) is 2.23. The van der Waals surface area contributed by atoms with E-state index < -0.39 is 0 Å². The van der Waals surface area contributed by atoms with Gasteiger partial charge in [0, 0.05) is 19.1 Å². The van der Waals surface area contributed by atoms with Crippen LogP contribution < -0.4 is 10.6 Å². The van der Waals surface area contributed by atoms with Gasteiger partial charge in [-0.2, -0.15) is 0 Å². The van der Waals surface area contributed by atoms with Crippen molar-refractivity contribution in [1.82, 2.24) is 15.5 Å². The Balaban J connectivity index is 2.25. The second kappa shape index (κ2) is 7.45. The molecule has 0 saturated carbocycles. The maximum Gasteiger partial charge on any atom is 0.239 e. The third kappa shape index (κ3) is 6.54. The molecule has 2 atom stereocenters. The Labute approximate surface area is 114 Å². The maximum absolute atomic E-state index is 11.7. The van der Waals surface area contributed by atoms with E-state index in [0.717, 1.165) is 13.1 Å². The largest absolute Gasteiger partial charge is 0.373 e. The van der Waals surface area contributed by atoms with E-state index in [4.69, 9.17) is 4.74 Å². The van der Waals surface area contributed by atoms with Crippen LogP contribution in [0.5, 0.6) is 0 Å². The molecule has 1 aliphatic rings. The molecule has 110 valence electrons. The Bertz CT molecular complexity index is 310. The molecule has 6 nitrogen and oxygen atoms in total. The van der Waals surface area contributed by atoms with Crippen LogP contribution in [0.3, 0.4) is 0 Å². The highest BCUT2D eigenvalue weighted by Gasteiger charge is 2.23. The van der Waals surface area contributed by atoms with Crippen LogP contribution in [-0.4, -0.2) is 61.1 Å². The van der Waals surface area contributed by atoms with E-state index >= 15 is 0 Å². The quantitative estimate of drug-likeness (QED) is 0.722. The lowest BCUT2D eigenvalue weighted by molar-refractivity contribution is -0.129. The summed E-state index contributed by atoms with van der Waals surface area (Å²) in [6.45, 7) is 9.60. The number of morpholine rings is 1. The number of rotatable bonds is 5. The van der Waals surface area contributed by atoms with E-state index in [1.807, 2.05) is 27.7 Å². The Morgan fingerprint density at radius 2 is 1.79 bits per heavy atom. The smallest absolute Gasteiger partial charge is 0.239 e. The van der Waals surface area contributed by atoms with Crippen molar-refractivity contribution >= 4 is 11.8 Å². The highest BCUT2D eigenvalue weighted by Crippen LogP contribution is 2.09. The summed E-state index contributed by atoms with van der Waals surface area (Å²) >= 11 is 0. The second-order valence-corrected chi connectivity index (χ2v) is 5.45. The van der Waals surface area contributed by atoms with Gasteiger partial charge in [-0.25, -0.2) is 0 Å². The zero-order chi connectivity index (χ0) is 14.4. The van der Waals surface area contributed by atoms with E-state index in [9.17, 15) is 9.59 Å². The number of nitrogens with one attached hydrogen (secondary N) is 2. The van der Waals surface area contributed by atoms with Crippen LogP contribution in [0.4, 0.5) is 0 Å². The Hall–Kier alpha value is -1.14. The van der Waals surface area contributed by atoms with Crippen LogP contribution in [0.25, 0.3) is 0 Å². The van der Waals surface area contributed by atoms with Gasteiger partial charge in [-0.3, -0.25) is 14.5 Å². The first kappa shape index (κ1) is 15.9. The van der Waals surface area contributed by atoms with Gasteiger partial charge in [-0.1, -0.05) is 0 Å². The van der Waals surface area contributed by atoms with Crippen LogP contribution in [-0.2, 0) is 14.3 Å². The molecule has 0 bridgehead atoms. The zero-order valence-electron chi connectivity index (χ0n) is 12.2. The van der Waals surface area contributed by atoms with Crippen LogP contribution in [0, 0.1) is 0 Å². The molecule has 0 aromatic heterocycles. The number of ether oxygens (including phenoxy) is 1. The fourth-order valence-electron chi connectivity index (χ4n) is 2.22. The summed E-state index contributed by atoms with van der Waals surface area (Å²) in [6.07, 6.45) is 0.279. The summed E-state index contributed by atoms with van der Waals surface area (Å²) in [4.78, 5) is 25.2. The first-order chi connectivity index (χ1) is 8.86. The van der Waals surface area contributed by atoms with Gasteiger partial charge in [-0.05, 0) is 27.7 Å². The predicted molar refractivity (Wildman–Crippen MR) is 72.7 cm³/mol. The van der Waals surface area contributed by atoms with Gasteiger partial charge >= 0.3 is 0 Å².